The second-order valence-electron chi connectivity index (χ2n) is 7.90. The van der Waals surface area contributed by atoms with E-state index in [-0.39, 0.29) is 11.1 Å². The van der Waals surface area contributed by atoms with Gasteiger partial charge in [0.1, 0.15) is 4.83 Å². The van der Waals surface area contributed by atoms with Crippen LogP contribution in [-0.4, -0.2) is 18.9 Å². The third-order valence-corrected chi connectivity index (χ3v) is 8.57. The summed E-state index contributed by atoms with van der Waals surface area (Å²) in [6.07, 6.45) is 2.51. The quantitative estimate of drug-likeness (QED) is 0.245. The van der Waals surface area contributed by atoms with Crippen LogP contribution >= 0.6 is 34.4 Å². The van der Waals surface area contributed by atoms with Crippen molar-refractivity contribution in [1.29, 1.82) is 0 Å². The van der Waals surface area contributed by atoms with Crippen molar-refractivity contribution in [2.45, 2.75) is 45.0 Å². The molecular formula is C24H22N4O2S3. The summed E-state index contributed by atoms with van der Waals surface area (Å²) in [6, 6.07) is 7.58. The van der Waals surface area contributed by atoms with Crippen molar-refractivity contribution < 1.29 is 0 Å². The van der Waals surface area contributed by atoms with Gasteiger partial charge in [0.2, 0.25) is 0 Å². The largest absolute Gasteiger partial charge is 0.269 e. The van der Waals surface area contributed by atoms with Crippen molar-refractivity contribution >= 4 is 49.6 Å². The molecular weight excluding hydrogens is 472 g/mol. The minimum Gasteiger partial charge on any atom is -0.269 e. The molecule has 33 heavy (non-hydrogen) atoms. The Morgan fingerprint density at radius 2 is 1.88 bits per heavy atom. The smallest absolute Gasteiger partial charge is 0.267 e. The summed E-state index contributed by atoms with van der Waals surface area (Å²) in [5.74, 6) is 0.442. The minimum absolute atomic E-state index is 0.0475. The Morgan fingerprint density at radius 3 is 2.64 bits per heavy atom. The summed E-state index contributed by atoms with van der Waals surface area (Å²) >= 11 is 4.42. The van der Waals surface area contributed by atoms with Crippen LogP contribution in [-0.2, 0) is 12.2 Å². The molecule has 1 aromatic carbocycles. The molecule has 9 heteroatoms. The van der Waals surface area contributed by atoms with E-state index >= 15 is 0 Å². The van der Waals surface area contributed by atoms with Gasteiger partial charge in [-0.2, -0.15) is 0 Å². The first-order valence-electron chi connectivity index (χ1n) is 10.6. The minimum atomic E-state index is -0.103. The van der Waals surface area contributed by atoms with Crippen LogP contribution in [0, 0.1) is 20.8 Å². The number of aryl methyl sites for hydroxylation is 4. The van der Waals surface area contributed by atoms with E-state index in [0.29, 0.717) is 27.0 Å². The van der Waals surface area contributed by atoms with Gasteiger partial charge in [0, 0.05) is 28.3 Å². The zero-order chi connectivity index (χ0) is 23.3. The maximum Gasteiger partial charge on any atom is 0.267 e. The number of thiophene rings is 1. The van der Waals surface area contributed by atoms with Crippen molar-refractivity contribution in [3.63, 3.8) is 0 Å². The molecule has 6 nitrogen and oxygen atoms in total. The fourth-order valence-corrected chi connectivity index (χ4v) is 6.71. The van der Waals surface area contributed by atoms with E-state index in [1.54, 1.807) is 28.2 Å². The van der Waals surface area contributed by atoms with Crippen molar-refractivity contribution in [2.75, 3.05) is 0 Å². The van der Waals surface area contributed by atoms with Gasteiger partial charge in [0.15, 0.2) is 10.1 Å². The van der Waals surface area contributed by atoms with Crippen LogP contribution in [0.2, 0.25) is 0 Å². The molecule has 0 saturated heterocycles. The van der Waals surface area contributed by atoms with Crippen LogP contribution < -0.4 is 11.1 Å². The molecule has 0 spiro atoms. The third-order valence-electron chi connectivity index (χ3n) is 5.80. The fraction of sp³-hybridized carbons (Fsp3) is 0.250. The van der Waals surface area contributed by atoms with Crippen LogP contribution in [0.1, 0.15) is 34.2 Å². The Balaban J connectivity index is 1.66. The van der Waals surface area contributed by atoms with E-state index in [1.165, 1.54) is 33.1 Å². The number of aromatic nitrogens is 4. The summed E-state index contributed by atoms with van der Waals surface area (Å²) in [5, 5.41) is 3.16. The molecule has 0 aliphatic rings. The third kappa shape index (κ3) is 3.84. The topological polar surface area (TPSA) is 69.3 Å². The molecule has 0 saturated carbocycles. The molecule has 0 bridgehead atoms. The lowest BCUT2D eigenvalue weighted by Gasteiger charge is -2.14. The van der Waals surface area contributed by atoms with Gasteiger partial charge in [-0.1, -0.05) is 24.8 Å². The summed E-state index contributed by atoms with van der Waals surface area (Å²) in [5.41, 5.74) is 4.68. The molecule has 0 radical (unpaired) electrons. The second kappa shape index (κ2) is 8.55. The second-order valence-corrected chi connectivity index (χ2v) is 10.9. The number of rotatable bonds is 5. The van der Waals surface area contributed by atoms with E-state index < -0.39 is 0 Å². The Bertz CT molecular complexity index is 1640. The van der Waals surface area contributed by atoms with Gasteiger partial charge in [-0.05, 0) is 56.0 Å². The zero-order valence-corrected chi connectivity index (χ0v) is 21.2. The number of thioether (sulfide) groups is 1. The summed E-state index contributed by atoms with van der Waals surface area (Å²) in [7, 11) is 0. The van der Waals surface area contributed by atoms with E-state index in [2.05, 4.69) is 18.8 Å². The number of fused-ring (bicyclic) bond motifs is 2. The summed E-state index contributed by atoms with van der Waals surface area (Å²) in [4.78, 5) is 38.3. The fourth-order valence-electron chi connectivity index (χ4n) is 3.91. The molecule has 0 fully saturated rings. The van der Waals surface area contributed by atoms with E-state index in [1.807, 2.05) is 37.4 Å². The molecule has 0 unspecified atom stereocenters. The first-order chi connectivity index (χ1) is 15.9. The zero-order valence-electron chi connectivity index (χ0n) is 18.7. The van der Waals surface area contributed by atoms with Gasteiger partial charge in [0.25, 0.3) is 11.1 Å². The Kier molecular flexibility index (Phi) is 5.72. The van der Waals surface area contributed by atoms with Crippen LogP contribution in [0.15, 0.2) is 50.6 Å². The van der Waals surface area contributed by atoms with E-state index in [4.69, 9.17) is 4.98 Å². The first-order valence-corrected chi connectivity index (χ1v) is 13.3. The molecule has 168 valence electrons. The first kappa shape index (κ1) is 22.1. The average Bonchev–Trinajstić information content (AvgIpc) is 3.38. The molecule has 0 N–H and O–H groups in total. The van der Waals surface area contributed by atoms with Gasteiger partial charge in [-0.3, -0.25) is 18.6 Å². The lowest BCUT2D eigenvalue weighted by atomic mass is 10.1. The molecule has 0 aliphatic carbocycles. The molecule has 5 aromatic rings. The highest BCUT2D eigenvalue weighted by Crippen LogP contribution is 2.31. The van der Waals surface area contributed by atoms with Gasteiger partial charge < -0.3 is 0 Å². The molecule has 4 aromatic heterocycles. The van der Waals surface area contributed by atoms with Crippen molar-refractivity contribution in [2.24, 2.45) is 0 Å². The standard InChI is InChI=1S/C24H22N4O2S3/c1-5-18-15(4)33-21-20(18)22(30)28(17-7-6-13(2)14(3)10-17)24(26-21)32-12-16-11-19(29)27-8-9-31-23(27)25-16/h6-11H,5,12H2,1-4H3. The molecule has 4 heterocycles. The number of nitrogens with zero attached hydrogens (tertiary/aromatic N) is 4. The van der Waals surface area contributed by atoms with Gasteiger partial charge >= 0.3 is 0 Å². The van der Waals surface area contributed by atoms with E-state index in [0.717, 1.165) is 32.9 Å². The highest BCUT2D eigenvalue weighted by Gasteiger charge is 2.20. The predicted octanol–water partition coefficient (Wildman–Crippen LogP) is 5.30. The molecule has 0 amide bonds. The normalized spacial score (nSPS) is 11.6. The van der Waals surface area contributed by atoms with Gasteiger partial charge in [-0.25, -0.2) is 9.97 Å². The van der Waals surface area contributed by atoms with Crippen LogP contribution in [0.4, 0.5) is 0 Å². The average molecular weight is 495 g/mol. The number of benzene rings is 1. The van der Waals surface area contributed by atoms with Crippen molar-refractivity contribution in [3.8, 4) is 5.69 Å². The van der Waals surface area contributed by atoms with Crippen LogP contribution in [0.5, 0.6) is 0 Å². The van der Waals surface area contributed by atoms with Crippen molar-refractivity contribution in [1.82, 2.24) is 18.9 Å². The number of hydrogen-bond acceptors (Lipinski definition) is 7. The highest BCUT2D eigenvalue weighted by atomic mass is 32.2. The molecule has 5 rings (SSSR count). The lowest BCUT2D eigenvalue weighted by Crippen LogP contribution is -2.22. The molecule has 0 atom stereocenters. The number of hydrogen-bond donors (Lipinski definition) is 0. The monoisotopic (exact) mass is 494 g/mol. The van der Waals surface area contributed by atoms with Gasteiger partial charge in [-0.15, -0.1) is 22.7 Å². The Morgan fingerprint density at radius 1 is 1.06 bits per heavy atom. The van der Waals surface area contributed by atoms with E-state index in [9.17, 15) is 9.59 Å². The summed E-state index contributed by atoms with van der Waals surface area (Å²) < 4.78 is 3.25. The van der Waals surface area contributed by atoms with Crippen LogP contribution in [0.3, 0.4) is 0 Å². The van der Waals surface area contributed by atoms with Crippen molar-refractivity contribution in [3.05, 3.63) is 83.8 Å². The Hall–Kier alpha value is -2.75. The number of thiazole rings is 1. The maximum atomic E-state index is 13.8. The maximum absolute atomic E-state index is 13.8. The predicted molar refractivity (Wildman–Crippen MR) is 138 cm³/mol. The summed E-state index contributed by atoms with van der Waals surface area (Å²) in [6.45, 7) is 8.22. The highest BCUT2D eigenvalue weighted by molar-refractivity contribution is 7.98. The molecule has 0 aliphatic heterocycles. The van der Waals surface area contributed by atoms with Gasteiger partial charge in [0.05, 0.1) is 16.8 Å². The van der Waals surface area contributed by atoms with Crippen LogP contribution in [0.25, 0.3) is 20.9 Å². The SMILES string of the molecule is CCc1c(C)sc2nc(SCc3cc(=O)n4ccsc4n3)n(-c3ccc(C)c(C)c3)c(=O)c12. The Labute approximate surface area is 202 Å². The lowest BCUT2D eigenvalue weighted by molar-refractivity contribution is 0.819.